The molecule has 0 heterocycles. The van der Waals surface area contributed by atoms with Gasteiger partial charge in [0.25, 0.3) is 0 Å². The second-order valence-electron chi connectivity index (χ2n) is 17.9. The minimum absolute atomic E-state index is 0.0491. The van der Waals surface area contributed by atoms with Crippen LogP contribution in [0.5, 0.6) is 0 Å². The van der Waals surface area contributed by atoms with Gasteiger partial charge in [0.1, 0.15) is 0 Å². The molecule has 334 valence electrons. The average Bonchev–Trinajstić information content (AvgIpc) is 3.20. The second-order valence-corrected chi connectivity index (χ2v) is 17.9. The number of carbonyl (C=O) groups is 1. The second kappa shape index (κ2) is 46.8. The molecule has 0 fully saturated rings. The van der Waals surface area contributed by atoms with Gasteiger partial charge in [0, 0.05) is 6.42 Å². The molecule has 56 heavy (non-hydrogen) atoms. The molecule has 0 spiro atoms. The lowest BCUT2D eigenvalue weighted by Gasteiger charge is -2.24. The number of esters is 1. The van der Waals surface area contributed by atoms with E-state index in [9.17, 15) is 15.0 Å². The van der Waals surface area contributed by atoms with Gasteiger partial charge in [0.05, 0.1) is 18.8 Å². The van der Waals surface area contributed by atoms with Gasteiger partial charge >= 0.3 is 5.97 Å². The predicted octanol–water partition coefficient (Wildman–Crippen LogP) is 16.9. The molecule has 0 aromatic rings. The van der Waals surface area contributed by atoms with Crippen molar-refractivity contribution in [2.75, 3.05) is 6.61 Å². The Morgan fingerprint density at radius 3 is 1.27 bits per heavy atom. The summed E-state index contributed by atoms with van der Waals surface area (Å²) in [5, 5.41) is 22.0. The third-order valence-electron chi connectivity index (χ3n) is 12.3. The molecule has 2 N–H and O–H groups in total. The predicted molar refractivity (Wildman–Crippen MR) is 247 cm³/mol. The Morgan fingerprint density at radius 2 is 0.786 bits per heavy atom. The fourth-order valence-corrected chi connectivity index (χ4v) is 8.31. The minimum Gasteiger partial charge on any atom is -0.466 e. The molecule has 0 saturated carbocycles. The van der Waals surface area contributed by atoms with Crippen molar-refractivity contribution in [3.8, 4) is 0 Å². The Labute approximate surface area is 352 Å². The Balaban J connectivity index is 4.01. The highest BCUT2D eigenvalue weighted by molar-refractivity contribution is 5.69. The monoisotopic (exact) mass is 791 g/mol. The van der Waals surface area contributed by atoms with Gasteiger partial charge in [-0.05, 0) is 83.0 Å². The summed E-state index contributed by atoms with van der Waals surface area (Å²) in [5.74, 6) is 0.269. The number of carbonyl (C=O) groups excluding carboxylic acids is 1. The molecular formula is C52H102O4. The lowest BCUT2D eigenvalue weighted by atomic mass is 9.86. The maximum absolute atomic E-state index is 12.2. The van der Waals surface area contributed by atoms with Crippen LogP contribution in [0.4, 0.5) is 0 Å². The summed E-state index contributed by atoms with van der Waals surface area (Å²) < 4.78 is 5.50. The van der Waals surface area contributed by atoms with Crippen LogP contribution in [-0.2, 0) is 9.53 Å². The molecule has 0 aliphatic heterocycles. The van der Waals surface area contributed by atoms with Gasteiger partial charge in [-0.2, -0.15) is 0 Å². The van der Waals surface area contributed by atoms with Crippen molar-refractivity contribution in [3.05, 3.63) is 12.2 Å². The minimum atomic E-state index is -0.293. The molecule has 0 amide bonds. The van der Waals surface area contributed by atoms with Gasteiger partial charge in [-0.1, -0.05) is 219 Å². The van der Waals surface area contributed by atoms with E-state index in [0.717, 1.165) is 70.6 Å². The first kappa shape index (κ1) is 55.1. The van der Waals surface area contributed by atoms with Gasteiger partial charge in [-0.3, -0.25) is 4.79 Å². The molecule has 0 aromatic heterocycles. The number of rotatable bonds is 47. The Bertz CT molecular complexity index is 781. The maximum atomic E-state index is 12.2. The summed E-state index contributed by atoms with van der Waals surface area (Å²) in [6.45, 7) is 7.34. The topological polar surface area (TPSA) is 66.8 Å². The zero-order chi connectivity index (χ0) is 40.8. The van der Waals surface area contributed by atoms with Crippen molar-refractivity contribution >= 4 is 5.97 Å². The fraction of sp³-hybridized carbons (Fsp3) is 0.942. The molecule has 0 rings (SSSR count). The van der Waals surface area contributed by atoms with Gasteiger partial charge in [-0.15, -0.1) is 0 Å². The van der Waals surface area contributed by atoms with Crippen LogP contribution in [0.3, 0.4) is 0 Å². The summed E-state index contributed by atoms with van der Waals surface area (Å²) in [6.07, 6.45) is 55.4. The van der Waals surface area contributed by atoms with Gasteiger partial charge < -0.3 is 14.9 Å². The highest BCUT2D eigenvalue weighted by atomic mass is 16.5. The molecule has 0 aromatic carbocycles. The number of allylic oxidation sites excluding steroid dienone is 2. The number of hydrogen-bond acceptors (Lipinski definition) is 4. The first-order valence-corrected chi connectivity index (χ1v) is 25.7. The molecular weight excluding hydrogens is 689 g/mol. The van der Waals surface area contributed by atoms with Crippen LogP contribution in [0.15, 0.2) is 12.2 Å². The van der Waals surface area contributed by atoms with E-state index >= 15 is 0 Å². The molecule has 4 nitrogen and oxygen atoms in total. The Kier molecular flexibility index (Phi) is 46.1. The molecule has 0 aliphatic carbocycles. The summed E-state index contributed by atoms with van der Waals surface area (Å²) in [7, 11) is 0. The molecule has 0 saturated heterocycles. The fourth-order valence-electron chi connectivity index (χ4n) is 8.31. The third kappa shape index (κ3) is 42.7. The van der Waals surface area contributed by atoms with Crippen LogP contribution in [0.2, 0.25) is 0 Å². The molecule has 3 atom stereocenters. The number of aliphatic hydroxyl groups is 2. The van der Waals surface area contributed by atoms with E-state index in [4.69, 9.17) is 4.74 Å². The van der Waals surface area contributed by atoms with Crippen LogP contribution >= 0.6 is 0 Å². The van der Waals surface area contributed by atoms with Crippen LogP contribution in [0.25, 0.3) is 0 Å². The van der Waals surface area contributed by atoms with Crippen molar-refractivity contribution in [3.63, 3.8) is 0 Å². The maximum Gasteiger partial charge on any atom is 0.305 e. The molecule has 4 heteroatoms. The smallest absolute Gasteiger partial charge is 0.305 e. The molecule has 0 aliphatic rings. The van der Waals surface area contributed by atoms with E-state index in [1.54, 1.807) is 0 Å². The number of aliphatic hydroxyl groups excluding tert-OH is 2. The van der Waals surface area contributed by atoms with Crippen molar-refractivity contribution in [1.29, 1.82) is 0 Å². The summed E-state index contributed by atoms with van der Waals surface area (Å²) >= 11 is 0. The first-order chi connectivity index (χ1) is 27.5. The molecule has 0 bridgehead atoms. The van der Waals surface area contributed by atoms with E-state index in [-0.39, 0.29) is 18.2 Å². The van der Waals surface area contributed by atoms with Gasteiger partial charge in [0.15, 0.2) is 0 Å². The van der Waals surface area contributed by atoms with Crippen LogP contribution in [-0.4, -0.2) is 35.0 Å². The largest absolute Gasteiger partial charge is 0.466 e. The lowest BCUT2D eigenvalue weighted by molar-refractivity contribution is -0.143. The number of unbranched alkanes of at least 4 members (excludes halogenated alkanes) is 31. The molecule has 3 unspecified atom stereocenters. The molecule has 0 radical (unpaired) electrons. The lowest BCUT2D eigenvalue weighted by Crippen LogP contribution is -2.22. The van der Waals surface area contributed by atoms with E-state index < -0.39 is 0 Å². The van der Waals surface area contributed by atoms with Crippen LogP contribution in [0, 0.1) is 5.92 Å². The Hall–Kier alpha value is -0.870. The average molecular weight is 791 g/mol. The SMILES string of the molecule is CCCCCCCC/C=C\CCCCCCCC(=O)OCCCCCC(O)CCC(CCCCCCCCC)C(O)CCCCCCCCCCCCCCC. The number of hydrogen-bond donors (Lipinski definition) is 2. The van der Waals surface area contributed by atoms with Crippen LogP contribution < -0.4 is 0 Å². The van der Waals surface area contributed by atoms with E-state index in [0.29, 0.717) is 18.9 Å². The quantitative estimate of drug-likeness (QED) is 0.0366. The normalized spacial score (nSPS) is 13.4. The van der Waals surface area contributed by atoms with E-state index in [1.807, 2.05) is 0 Å². The van der Waals surface area contributed by atoms with Crippen molar-refractivity contribution in [1.82, 2.24) is 0 Å². The number of ether oxygens (including phenoxy) is 1. The van der Waals surface area contributed by atoms with Gasteiger partial charge in [-0.25, -0.2) is 0 Å². The summed E-state index contributed by atoms with van der Waals surface area (Å²) in [5.41, 5.74) is 0. The highest BCUT2D eigenvalue weighted by Gasteiger charge is 2.20. The van der Waals surface area contributed by atoms with Gasteiger partial charge in [0.2, 0.25) is 0 Å². The zero-order valence-corrected chi connectivity index (χ0v) is 38.5. The first-order valence-electron chi connectivity index (χ1n) is 25.7. The zero-order valence-electron chi connectivity index (χ0n) is 38.5. The standard InChI is InChI=1S/C52H102O4/c1-4-7-10-13-16-18-20-22-23-25-27-29-32-35-40-45-52(55)56-48-41-36-38-43-50(53)47-46-49(42-37-33-30-15-12-9-6-3)51(54)44-39-34-31-28-26-24-21-19-17-14-11-8-5-2/h22-23,49-51,53-54H,4-21,24-48H2,1-3H3/b23-22-. The van der Waals surface area contributed by atoms with Crippen molar-refractivity contribution < 1.29 is 19.7 Å². The highest BCUT2D eigenvalue weighted by Crippen LogP contribution is 2.26. The van der Waals surface area contributed by atoms with Crippen molar-refractivity contribution in [2.24, 2.45) is 5.92 Å². The Morgan fingerprint density at radius 1 is 0.411 bits per heavy atom. The van der Waals surface area contributed by atoms with E-state index in [1.165, 1.54) is 193 Å². The van der Waals surface area contributed by atoms with Crippen molar-refractivity contribution in [2.45, 2.75) is 303 Å². The summed E-state index contributed by atoms with van der Waals surface area (Å²) in [4.78, 5) is 12.2. The third-order valence-corrected chi connectivity index (χ3v) is 12.3. The van der Waals surface area contributed by atoms with E-state index in [2.05, 4.69) is 32.9 Å². The summed E-state index contributed by atoms with van der Waals surface area (Å²) in [6, 6.07) is 0. The van der Waals surface area contributed by atoms with Crippen LogP contribution in [0.1, 0.15) is 290 Å².